The van der Waals surface area contributed by atoms with E-state index >= 15 is 0 Å². The van der Waals surface area contributed by atoms with Gasteiger partial charge in [0.05, 0.1) is 9.95 Å². The number of nitro benzene ring substituents is 1. The van der Waals surface area contributed by atoms with Gasteiger partial charge in [-0.25, -0.2) is 0 Å². The van der Waals surface area contributed by atoms with E-state index in [0.717, 1.165) is 0 Å². The lowest BCUT2D eigenvalue weighted by Crippen LogP contribution is -2.22. The number of amidine groups is 1. The quantitative estimate of drug-likeness (QED) is 0.327. The minimum atomic E-state index is -0.649. The first kappa shape index (κ1) is 13.4. The van der Waals surface area contributed by atoms with Crippen molar-refractivity contribution >= 4 is 34.5 Å². The molecule has 0 amide bonds. The molecule has 0 aromatic heterocycles. The van der Waals surface area contributed by atoms with E-state index in [9.17, 15) is 10.1 Å². The summed E-state index contributed by atoms with van der Waals surface area (Å²) in [6.07, 6.45) is 0. The molecule has 0 radical (unpaired) electrons. The number of nitrogens with two attached hydrogens (primary N) is 1. The average Bonchev–Trinajstić information content (AvgIpc) is 2.30. The molecule has 0 atom stereocenters. The second-order valence-electron chi connectivity index (χ2n) is 2.99. The van der Waals surface area contributed by atoms with Crippen LogP contribution in [0.15, 0.2) is 23.3 Å². The third-order valence-corrected chi connectivity index (χ3v) is 2.14. The number of nitrogens with zero attached hydrogens (tertiary/aromatic N) is 3. The van der Waals surface area contributed by atoms with Crippen molar-refractivity contribution < 1.29 is 4.92 Å². The summed E-state index contributed by atoms with van der Waals surface area (Å²) < 4.78 is 0. The van der Waals surface area contributed by atoms with Gasteiger partial charge < -0.3 is 5.73 Å². The Morgan fingerprint density at radius 3 is 2.83 bits per heavy atom. The number of hydrazone groups is 1. The molecule has 0 aliphatic rings. The zero-order valence-corrected chi connectivity index (χ0v) is 9.60. The molecule has 0 aliphatic carbocycles. The molecule has 8 nitrogen and oxygen atoms in total. The minimum Gasteiger partial charge on any atom is -0.382 e. The molecule has 0 unspecified atom stereocenters. The number of benzene rings is 1. The molecule has 9 heteroatoms. The highest BCUT2D eigenvalue weighted by Crippen LogP contribution is 2.31. The van der Waals surface area contributed by atoms with E-state index in [1.807, 2.05) is 0 Å². The second kappa shape index (κ2) is 5.60. The predicted molar refractivity (Wildman–Crippen MR) is 66.7 cm³/mol. The van der Waals surface area contributed by atoms with Gasteiger partial charge in [0.25, 0.3) is 5.69 Å². The Kier molecular flexibility index (Phi) is 4.17. The molecule has 1 rings (SSSR count). The number of para-hydroxylation sites is 1. The van der Waals surface area contributed by atoms with Crippen molar-refractivity contribution in [3.63, 3.8) is 0 Å². The van der Waals surface area contributed by atoms with Gasteiger partial charge in [-0.2, -0.15) is 10.4 Å². The third-order valence-electron chi connectivity index (χ3n) is 1.83. The molecule has 0 bridgehead atoms. The Labute approximate surface area is 106 Å². The summed E-state index contributed by atoms with van der Waals surface area (Å²) in [6.45, 7) is 0. The fraction of sp³-hybridized carbons (Fsp3) is 0. The van der Waals surface area contributed by atoms with Gasteiger partial charge in [-0.15, -0.1) is 0 Å². The maximum Gasteiger partial charge on any atom is 0.295 e. The molecule has 0 heterocycles. The van der Waals surface area contributed by atoms with E-state index < -0.39 is 16.5 Å². The number of halogens is 1. The Morgan fingerprint density at radius 1 is 1.67 bits per heavy atom. The van der Waals surface area contributed by atoms with Crippen molar-refractivity contribution in [3.8, 4) is 6.07 Å². The Bertz CT molecular complexity index is 577. The topological polar surface area (TPSA) is 141 Å². The lowest BCUT2D eigenvalue weighted by molar-refractivity contribution is -0.383. The van der Waals surface area contributed by atoms with Crippen LogP contribution in [-0.2, 0) is 0 Å². The number of nitrogens with one attached hydrogen (secondary N) is 2. The molecule has 18 heavy (non-hydrogen) atoms. The van der Waals surface area contributed by atoms with Crippen molar-refractivity contribution in [2.24, 2.45) is 10.8 Å². The van der Waals surface area contributed by atoms with Crippen molar-refractivity contribution in [2.45, 2.75) is 0 Å². The van der Waals surface area contributed by atoms with Gasteiger partial charge in [0, 0.05) is 6.07 Å². The summed E-state index contributed by atoms with van der Waals surface area (Å²) in [4.78, 5) is 10.1. The summed E-state index contributed by atoms with van der Waals surface area (Å²) >= 11 is 5.78. The van der Waals surface area contributed by atoms with Gasteiger partial charge in [-0.3, -0.25) is 20.9 Å². The minimum absolute atomic E-state index is 0.0637. The van der Waals surface area contributed by atoms with Crippen molar-refractivity contribution in [3.05, 3.63) is 33.3 Å². The standard InChI is InChI=1S/C9H7ClN6O2/c10-5-2-1-3-7(16(17)18)8(5)15-14-6(4-11)9(12)13/h1-3,15H,(H3,12,13)/b14-6+. The highest BCUT2D eigenvalue weighted by Gasteiger charge is 2.16. The van der Waals surface area contributed by atoms with E-state index in [4.69, 9.17) is 28.0 Å². The number of rotatable bonds is 4. The molecule has 92 valence electrons. The summed E-state index contributed by atoms with van der Waals surface area (Å²) in [5.41, 5.74) is 6.57. The van der Waals surface area contributed by atoms with Crippen molar-refractivity contribution in [1.82, 2.24) is 0 Å². The summed E-state index contributed by atoms with van der Waals surface area (Å²) in [6, 6.07) is 5.62. The maximum absolute atomic E-state index is 10.7. The van der Waals surface area contributed by atoms with E-state index in [1.54, 1.807) is 6.07 Å². The van der Waals surface area contributed by atoms with Crippen LogP contribution in [0.4, 0.5) is 11.4 Å². The smallest absolute Gasteiger partial charge is 0.295 e. The highest BCUT2D eigenvalue weighted by atomic mass is 35.5. The molecule has 1 aromatic rings. The number of hydrogen-bond acceptors (Lipinski definition) is 6. The van der Waals surface area contributed by atoms with Gasteiger partial charge >= 0.3 is 0 Å². The molecule has 0 saturated carbocycles. The number of hydrogen-bond donors (Lipinski definition) is 3. The van der Waals surface area contributed by atoms with E-state index in [2.05, 4.69) is 10.5 Å². The van der Waals surface area contributed by atoms with Crippen LogP contribution >= 0.6 is 11.6 Å². The summed E-state index contributed by atoms with van der Waals surface area (Å²) in [7, 11) is 0. The van der Waals surface area contributed by atoms with Crippen molar-refractivity contribution in [1.29, 1.82) is 10.7 Å². The van der Waals surface area contributed by atoms with Crippen LogP contribution in [0.3, 0.4) is 0 Å². The first-order valence-electron chi connectivity index (χ1n) is 4.48. The maximum atomic E-state index is 10.7. The summed E-state index contributed by atoms with van der Waals surface area (Å²) in [5, 5.41) is 29.9. The van der Waals surface area contributed by atoms with Crippen LogP contribution in [0.25, 0.3) is 0 Å². The first-order chi connectivity index (χ1) is 8.47. The monoisotopic (exact) mass is 266 g/mol. The Balaban J connectivity index is 3.16. The fourth-order valence-corrected chi connectivity index (χ4v) is 1.24. The molecule has 0 saturated heterocycles. The lowest BCUT2D eigenvalue weighted by atomic mass is 10.3. The van der Waals surface area contributed by atoms with Crippen LogP contribution in [0, 0.1) is 26.9 Å². The predicted octanol–water partition coefficient (Wildman–Crippen LogP) is 1.48. The molecule has 4 N–H and O–H groups in total. The Morgan fingerprint density at radius 2 is 2.33 bits per heavy atom. The average molecular weight is 267 g/mol. The van der Waals surface area contributed by atoms with Crippen LogP contribution in [0.5, 0.6) is 0 Å². The zero-order valence-electron chi connectivity index (χ0n) is 8.85. The van der Waals surface area contributed by atoms with Gasteiger partial charge in [-0.05, 0) is 6.07 Å². The zero-order chi connectivity index (χ0) is 13.7. The first-order valence-corrected chi connectivity index (χ1v) is 4.86. The lowest BCUT2D eigenvalue weighted by Gasteiger charge is -2.04. The largest absolute Gasteiger partial charge is 0.382 e. The second-order valence-corrected chi connectivity index (χ2v) is 3.40. The number of anilines is 1. The Hall–Kier alpha value is -2.66. The van der Waals surface area contributed by atoms with Gasteiger partial charge in [-0.1, -0.05) is 17.7 Å². The molecule has 0 aliphatic heterocycles. The van der Waals surface area contributed by atoms with Gasteiger partial charge in [0.15, 0.2) is 11.5 Å². The molecule has 0 spiro atoms. The molecule has 0 fully saturated rings. The molecular weight excluding hydrogens is 260 g/mol. The van der Waals surface area contributed by atoms with Crippen LogP contribution < -0.4 is 11.2 Å². The van der Waals surface area contributed by atoms with E-state index in [1.165, 1.54) is 18.2 Å². The van der Waals surface area contributed by atoms with Gasteiger partial charge in [0.2, 0.25) is 5.71 Å². The SMILES string of the molecule is N#C/C(=N\Nc1c(Cl)cccc1[N+](=O)[O-])C(=N)N. The van der Waals surface area contributed by atoms with E-state index in [0.29, 0.717) is 0 Å². The third kappa shape index (κ3) is 2.93. The van der Waals surface area contributed by atoms with Crippen molar-refractivity contribution in [2.75, 3.05) is 5.43 Å². The molecular formula is C9H7ClN6O2. The van der Waals surface area contributed by atoms with Crippen LogP contribution in [0.2, 0.25) is 5.02 Å². The van der Waals surface area contributed by atoms with Crippen LogP contribution in [0.1, 0.15) is 0 Å². The van der Waals surface area contributed by atoms with Gasteiger partial charge in [0.1, 0.15) is 6.07 Å². The summed E-state index contributed by atoms with van der Waals surface area (Å²) in [5.74, 6) is -0.556. The number of nitriles is 1. The highest BCUT2D eigenvalue weighted by molar-refractivity contribution is 6.46. The fourth-order valence-electron chi connectivity index (χ4n) is 1.03. The van der Waals surface area contributed by atoms with Crippen LogP contribution in [-0.4, -0.2) is 16.5 Å². The van der Waals surface area contributed by atoms with E-state index in [-0.39, 0.29) is 16.4 Å². The molecule has 1 aromatic carbocycles. The number of nitro groups is 1. The normalized spacial score (nSPS) is 10.6.